The Morgan fingerprint density at radius 1 is 1.44 bits per heavy atom. The zero-order valence-electron chi connectivity index (χ0n) is 9.69. The van der Waals surface area contributed by atoms with E-state index in [0.29, 0.717) is 6.04 Å². The molecule has 4 heteroatoms. The lowest BCUT2D eigenvalue weighted by molar-refractivity contribution is 0.340. The minimum Gasteiger partial charge on any atom is -0.355 e. The molecule has 4 nitrogen and oxygen atoms in total. The predicted molar refractivity (Wildman–Crippen MR) is 63.5 cm³/mol. The van der Waals surface area contributed by atoms with E-state index in [-0.39, 0.29) is 0 Å². The average molecular weight is 218 g/mol. The Morgan fingerprint density at radius 2 is 2.38 bits per heavy atom. The summed E-state index contributed by atoms with van der Waals surface area (Å²) >= 11 is 0. The number of hydrogen-bond donors (Lipinski definition) is 1. The highest BCUT2D eigenvalue weighted by Gasteiger charge is 2.34. The predicted octanol–water partition coefficient (Wildman–Crippen LogP) is 0.973. The van der Waals surface area contributed by atoms with Gasteiger partial charge in [0.1, 0.15) is 11.6 Å². The minimum atomic E-state index is 0.670. The molecular weight excluding hydrogens is 200 g/mol. The monoisotopic (exact) mass is 218 g/mol. The van der Waals surface area contributed by atoms with E-state index in [0.717, 1.165) is 30.6 Å². The zero-order chi connectivity index (χ0) is 11.0. The second-order valence-electron chi connectivity index (χ2n) is 4.83. The van der Waals surface area contributed by atoms with Gasteiger partial charge in [-0.25, -0.2) is 9.97 Å². The number of fused-ring (bicyclic) bond motifs is 1. The van der Waals surface area contributed by atoms with Gasteiger partial charge in [0.15, 0.2) is 0 Å². The number of piperidine rings is 1. The van der Waals surface area contributed by atoms with Crippen molar-refractivity contribution in [1.82, 2.24) is 15.3 Å². The Kier molecular flexibility index (Phi) is 2.52. The van der Waals surface area contributed by atoms with E-state index >= 15 is 0 Å². The van der Waals surface area contributed by atoms with Crippen LogP contribution in [-0.2, 0) is 0 Å². The van der Waals surface area contributed by atoms with Gasteiger partial charge < -0.3 is 10.2 Å². The maximum Gasteiger partial charge on any atom is 0.132 e. The molecule has 0 amide bonds. The van der Waals surface area contributed by atoms with Gasteiger partial charge in [-0.2, -0.15) is 0 Å². The molecule has 0 bridgehead atoms. The van der Waals surface area contributed by atoms with Crippen molar-refractivity contribution in [2.45, 2.75) is 25.8 Å². The van der Waals surface area contributed by atoms with Crippen LogP contribution in [0.3, 0.4) is 0 Å². The van der Waals surface area contributed by atoms with Gasteiger partial charge in [0.25, 0.3) is 0 Å². The van der Waals surface area contributed by atoms with Crippen LogP contribution in [0.15, 0.2) is 12.3 Å². The first-order valence-electron chi connectivity index (χ1n) is 6.11. The summed E-state index contributed by atoms with van der Waals surface area (Å²) in [5.74, 6) is 2.76. The molecule has 2 fully saturated rings. The molecule has 0 saturated carbocycles. The average Bonchev–Trinajstić information content (AvgIpc) is 2.72. The molecule has 16 heavy (non-hydrogen) atoms. The van der Waals surface area contributed by atoms with E-state index in [2.05, 4.69) is 20.2 Å². The van der Waals surface area contributed by atoms with Crippen LogP contribution in [0.5, 0.6) is 0 Å². The molecule has 0 aliphatic carbocycles. The first-order valence-corrected chi connectivity index (χ1v) is 6.11. The summed E-state index contributed by atoms with van der Waals surface area (Å²) in [7, 11) is 0. The molecule has 2 aliphatic rings. The number of rotatable bonds is 1. The van der Waals surface area contributed by atoms with Crippen molar-refractivity contribution in [3.8, 4) is 0 Å². The minimum absolute atomic E-state index is 0.670. The van der Waals surface area contributed by atoms with Gasteiger partial charge in [0.05, 0.1) is 0 Å². The van der Waals surface area contributed by atoms with E-state index < -0.39 is 0 Å². The SMILES string of the molecule is Cc1nccc(N2C[C@@H]3CCCN[C@@H]3C2)n1. The molecule has 1 N–H and O–H groups in total. The Balaban J connectivity index is 1.77. The molecule has 86 valence electrons. The summed E-state index contributed by atoms with van der Waals surface area (Å²) in [5.41, 5.74) is 0. The molecule has 0 radical (unpaired) electrons. The van der Waals surface area contributed by atoms with Crippen LogP contribution in [0.2, 0.25) is 0 Å². The van der Waals surface area contributed by atoms with Gasteiger partial charge in [-0.1, -0.05) is 0 Å². The molecule has 0 spiro atoms. The lowest BCUT2D eigenvalue weighted by Crippen LogP contribution is -2.40. The molecule has 2 aliphatic heterocycles. The maximum absolute atomic E-state index is 4.50. The van der Waals surface area contributed by atoms with Crippen molar-refractivity contribution in [3.63, 3.8) is 0 Å². The van der Waals surface area contributed by atoms with Crippen molar-refractivity contribution >= 4 is 5.82 Å². The Labute approximate surface area is 96.1 Å². The van der Waals surface area contributed by atoms with Crippen LogP contribution in [0.4, 0.5) is 5.82 Å². The number of aromatic nitrogens is 2. The molecule has 3 heterocycles. The van der Waals surface area contributed by atoms with E-state index in [4.69, 9.17) is 0 Å². The van der Waals surface area contributed by atoms with Crippen LogP contribution >= 0.6 is 0 Å². The first-order chi connectivity index (χ1) is 7.83. The van der Waals surface area contributed by atoms with Crippen molar-refractivity contribution in [1.29, 1.82) is 0 Å². The molecule has 0 unspecified atom stereocenters. The quantitative estimate of drug-likeness (QED) is 0.762. The third kappa shape index (κ3) is 1.78. The van der Waals surface area contributed by atoms with Crippen molar-refractivity contribution < 1.29 is 0 Å². The highest BCUT2D eigenvalue weighted by atomic mass is 15.2. The van der Waals surface area contributed by atoms with Crippen LogP contribution in [0, 0.1) is 12.8 Å². The van der Waals surface area contributed by atoms with E-state index in [1.807, 2.05) is 19.2 Å². The lowest BCUT2D eigenvalue weighted by Gasteiger charge is -2.24. The van der Waals surface area contributed by atoms with Crippen LogP contribution in [0.25, 0.3) is 0 Å². The van der Waals surface area contributed by atoms with Gasteiger partial charge in [-0.3, -0.25) is 0 Å². The molecule has 0 aromatic carbocycles. The van der Waals surface area contributed by atoms with E-state index in [1.165, 1.54) is 19.4 Å². The molecule has 1 aromatic rings. The van der Waals surface area contributed by atoms with Crippen LogP contribution in [0.1, 0.15) is 18.7 Å². The zero-order valence-corrected chi connectivity index (χ0v) is 9.69. The standard InChI is InChI=1S/C12H18N4/c1-9-13-6-4-12(15-9)16-7-10-3-2-5-14-11(10)8-16/h4,6,10-11,14H,2-3,5,7-8H2,1H3/t10-,11+/m0/s1. The van der Waals surface area contributed by atoms with Crippen molar-refractivity contribution in [3.05, 3.63) is 18.1 Å². The third-order valence-corrected chi connectivity index (χ3v) is 3.68. The number of nitrogens with zero attached hydrogens (tertiary/aromatic N) is 3. The van der Waals surface area contributed by atoms with Gasteiger partial charge in [0.2, 0.25) is 0 Å². The van der Waals surface area contributed by atoms with Gasteiger partial charge in [-0.05, 0) is 38.3 Å². The number of aryl methyl sites for hydroxylation is 1. The molecule has 2 atom stereocenters. The Bertz CT molecular complexity index is 365. The van der Waals surface area contributed by atoms with Crippen LogP contribution in [-0.4, -0.2) is 35.6 Å². The fraction of sp³-hybridized carbons (Fsp3) is 0.667. The fourth-order valence-electron chi connectivity index (χ4n) is 2.85. The van der Waals surface area contributed by atoms with Crippen molar-refractivity contribution in [2.75, 3.05) is 24.5 Å². The topological polar surface area (TPSA) is 41.1 Å². The largest absolute Gasteiger partial charge is 0.355 e. The smallest absolute Gasteiger partial charge is 0.132 e. The Hall–Kier alpha value is -1.16. The van der Waals surface area contributed by atoms with Gasteiger partial charge in [-0.15, -0.1) is 0 Å². The fourth-order valence-corrected chi connectivity index (χ4v) is 2.85. The second-order valence-corrected chi connectivity index (χ2v) is 4.83. The summed E-state index contributed by atoms with van der Waals surface area (Å²) in [6.07, 6.45) is 4.53. The van der Waals surface area contributed by atoms with Gasteiger partial charge in [0, 0.05) is 25.3 Å². The van der Waals surface area contributed by atoms with Crippen LogP contribution < -0.4 is 10.2 Å². The third-order valence-electron chi connectivity index (χ3n) is 3.68. The second kappa shape index (κ2) is 4.01. The molecule has 2 saturated heterocycles. The summed E-state index contributed by atoms with van der Waals surface area (Å²) in [6.45, 7) is 5.37. The molecule has 3 rings (SSSR count). The van der Waals surface area contributed by atoms with Crippen molar-refractivity contribution in [2.24, 2.45) is 5.92 Å². The van der Waals surface area contributed by atoms with Gasteiger partial charge >= 0.3 is 0 Å². The lowest BCUT2D eigenvalue weighted by atomic mass is 9.94. The normalized spacial score (nSPS) is 29.2. The Morgan fingerprint density at radius 3 is 3.19 bits per heavy atom. The number of hydrogen-bond acceptors (Lipinski definition) is 4. The highest BCUT2D eigenvalue weighted by molar-refractivity contribution is 5.39. The van der Waals surface area contributed by atoms with E-state index in [1.54, 1.807) is 0 Å². The summed E-state index contributed by atoms with van der Waals surface area (Å²) in [5, 5.41) is 3.61. The number of nitrogens with one attached hydrogen (secondary N) is 1. The molecule has 1 aromatic heterocycles. The van der Waals surface area contributed by atoms with E-state index in [9.17, 15) is 0 Å². The number of anilines is 1. The first kappa shape index (κ1) is 10.0. The summed E-state index contributed by atoms with van der Waals surface area (Å²) in [4.78, 5) is 11.0. The summed E-state index contributed by atoms with van der Waals surface area (Å²) < 4.78 is 0. The molecular formula is C12H18N4. The summed E-state index contributed by atoms with van der Waals surface area (Å²) in [6, 6.07) is 2.69. The maximum atomic E-state index is 4.50. The highest BCUT2D eigenvalue weighted by Crippen LogP contribution is 2.27.